The number of rotatable bonds is 4. The second-order valence-electron chi connectivity index (χ2n) is 4.50. The van der Waals surface area contributed by atoms with Gasteiger partial charge in [-0.25, -0.2) is 15.0 Å². The number of hydrazine groups is 1. The van der Waals surface area contributed by atoms with Crippen LogP contribution in [0.3, 0.4) is 0 Å². The van der Waals surface area contributed by atoms with Crippen LogP contribution >= 0.6 is 0 Å². The molecular weight excluding hydrogens is 214 g/mol. The molecule has 0 atom stereocenters. The van der Waals surface area contributed by atoms with Gasteiger partial charge in [0.1, 0.15) is 17.5 Å². The molecule has 0 unspecified atom stereocenters. The number of anilines is 2. The van der Waals surface area contributed by atoms with Crippen molar-refractivity contribution in [1.82, 2.24) is 15.0 Å². The van der Waals surface area contributed by atoms with Gasteiger partial charge in [-0.1, -0.05) is 13.3 Å². The Balaban J connectivity index is 2.03. The van der Waals surface area contributed by atoms with Crippen LogP contribution in [0.25, 0.3) is 0 Å². The molecule has 0 radical (unpaired) electrons. The molecule has 1 aromatic heterocycles. The molecule has 1 aliphatic rings. The lowest BCUT2D eigenvalue weighted by molar-refractivity contribution is 0.272. The zero-order valence-electron chi connectivity index (χ0n) is 10.4. The summed E-state index contributed by atoms with van der Waals surface area (Å²) < 4.78 is 0. The van der Waals surface area contributed by atoms with Crippen LogP contribution in [0.2, 0.25) is 0 Å². The summed E-state index contributed by atoms with van der Waals surface area (Å²) in [5.74, 6) is 2.19. The number of nitrogens with zero attached hydrogens (tertiary/aromatic N) is 3. The van der Waals surface area contributed by atoms with E-state index in [1.165, 1.54) is 19.3 Å². The highest BCUT2D eigenvalue weighted by Gasteiger charge is 2.11. The molecule has 17 heavy (non-hydrogen) atoms. The minimum Gasteiger partial charge on any atom is -0.384 e. The third kappa shape index (κ3) is 3.56. The number of nitrogens with two attached hydrogens (primary N) is 1. The van der Waals surface area contributed by atoms with Crippen molar-refractivity contribution in [2.75, 3.05) is 24.2 Å². The molecule has 0 saturated carbocycles. The van der Waals surface area contributed by atoms with Gasteiger partial charge in [0.25, 0.3) is 0 Å². The van der Waals surface area contributed by atoms with Gasteiger partial charge in [-0.05, 0) is 19.3 Å². The summed E-state index contributed by atoms with van der Waals surface area (Å²) in [6.45, 7) is 4.27. The highest BCUT2D eigenvalue weighted by atomic mass is 15.5. The molecule has 5 nitrogen and oxygen atoms in total. The quantitative estimate of drug-likeness (QED) is 0.833. The first-order chi connectivity index (χ1) is 8.28. The van der Waals surface area contributed by atoms with E-state index in [4.69, 9.17) is 5.73 Å². The van der Waals surface area contributed by atoms with Crippen LogP contribution in [0.15, 0.2) is 6.07 Å². The number of nitrogens with one attached hydrogen (secondary N) is 1. The van der Waals surface area contributed by atoms with Crippen molar-refractivity contribution in [1.29, 1.82) is 0 Å². The molecule has 1 saturated heterocycles. The number of hydrogen-bond donors (Lipinski definition) is 2. The SMILES string of the molecule is CCCc1nc(N)cc(NN2CCCCC2)n1. The van der Waals surface area contributed by atoms with Crippen LogP contribution in [0.5, 0.6) is 0 Å². The molecular formula is C12H21N5. The third-order valence-electron chi connectivity index (χ3n) is 2.89. The number of aryl methyl sites for hydroxylation is 1. The Labute approximate surface area is 102 Å². The Bertz CT molecular complexity index is 360. The first kappa shape index (κ1) is 12.1. The smallest absolute Gasteiger partial charge is 0.146 e. The fourth-order valence-corrected chi connectivity index (χ4v) is 2.08. The molecule has 1 aromatic rings. The predicted octanol–water partition coefficient (Wildman–Crippen LogP) is 1.82. The zero-order valence-corrected chi connectivity index (χ0v) is 10.4. The Hall–Kier alpha value is -1.36. The summed E-state index contributed by atoms with van der Waals surface area (Å²) in [5.41, 5.74) is 9.11. The van der Waals surface area contributed by atoms with Gasteiger partial charge in [0.2, 0.25) is 0 Å². The third-order valence-corrected chi connectivity index (χ3v) is 2.89. The first-order valence-electron chi connectivity index (χ1n) is 6.43. The molecule has 2 rings (SSSR count). The van der Waals surface area contributed by atoms with Crippen LogP contribution in [-0.2, 0) is 6.42 Å². The van der Waals surface area contributed by atoms with Crippen LogP contribution in [0.4, 0.5) is 11.6 Å². The monoisotopic (exact) mass is 235 g/mol. The van der Waals surface area contributed by atoms with Gasteiger partial charge in [-0.15, -0.1) is 0 Å². The zero-order chi connectivity index (χ0) is 12.1. The Morgan fingerprint density at radius 2 is 2.06 bits per heavy atom. The lowest BCUT2D eigenvalue weighted by Crippen LogP contribution is -2.35. The van der Waals surface area contributed by atoms with Gasteiger partial charge in [0.05, 0.1) is 0 Å². The van der Waals surface area contributed by atoms with Crippen LogP contribution in [-0.4, -0.2) is 28.1 Å². The van der Waals surface area contributed by atoms with Crippen LogP contribution in [0, 0.1) is 0 Å². The van der Waals surface area contributed by atoms with Crippen LogP contribution in [0.1, 0.15) is 38.4 Å². The fraction of sp³-hybridized carbons (Fsp3) is 0.667. The second kappa shape index (κ2) is 5.82. The fourth-order valence-electron chi connectivity index (χ4n) is 2.08. The van der Waals surface area contributed by atoms with Crippen molar-refractivity contribution in [2.24, 2.45) is 0 Å². The molecule has 0 spiro atoms. The highest BCUT2D eigenvalue weighted by molar-refractivity contribution is 5.44. The summed E-state index contributed by atoms with van der Waals surface area (Å²) in [4.78, 5) is 8.70. The van der Waals surface area contributed by atoms with Gasteiger partial charge in [0, 0.05) is 25.6 Å². The van der Waals surface area contributed by atoms with E-state index in [2.05, 4.69) is 27.3 Å². The van der Waals surface area contributed by atoms with E-state index in [0.717, 1.165) is 37.6 Å². The van der Waals surface area contributed by atoms with Gasteiger partial charge in [-0.2, -0.15) is 0 Å². The molecule has 0 aliphatic carbocycles. The number of piperidine rings is 1. The van der Waals surface area contributed by atoms with Crippen molar-refractivity contribution in [3.63, 3.8) is 0 Å². The van der Waals surface area contributed by atoms with E-state index in [0.29, 0.717) is 5.82 Å². The molecule has 0 bridgehead atoms. The van der Waals surface area contributed by atoms with Crippen molar-refractivity contribution < 1.29 is 0 Å². The first-order valence-corrected chi connectivity index (χ1v) is 6.43. The average molecular weight is 235 g/mol. The summed E-state index contributed by atoms with van der Waals surface area (Å²) in [7, 11) is 0. The maximum absolute atomic E-state index is 5.79. The topological polar surface area (TPSA) is 67.1 Å². The van der Waals surface area contributed by atoms with Crippen molar-refractivity contribution in [3.05, 3.63) is 11.9 Å². The Morgan fingerprint density at radius 1 is 1.29 bits per heavy atom. The number of aromatic nitrogens is 2. The molecule has 94 valence electrons. The predicted molar refractivity (Wildman–Crippen MR) is 69.5 cm³/mol. The molecule has 5 heteroatoms. The van der Waals surface area contributed by atoms with E-state index in [9.17, 15) is 0 Å². The maximum atomic E-state index is 5.79. The van der Waals surface area contributed by atoms with Crippen molar-refractivity contribution in [3.8, 4) is 0 Å². The lowest BCUT2D eigenvalue weighted by Gasteiger charge is -2.27. The van der Waals surface area contributed by atoms with E-state index in [1.807, 2.05) is 0 Å². The molecule has 2 heterocycles. The standard InChI is InChI=1S/C12H21N5/c1-2-6-11-14-10(13)9-12(15-11)16-17-7-4-3-5-8-17/h9H,2-8H2,1H3,(H3,13,14,15,16). The molecule has 1 aliphatic heterocycles. The molecule has 0 aromatic carbocycles. The Kier molecular flexibility index (Phi) is 4.14. The Morgan fingerprint density at radius 3 is 2.76 bits per heavy atom. The van der Waals surface area contributed by atoms with E-state index >= 15 is 0 Å². The van der Waals surface area contributed by atoms with E-state index in [1.54, 1.807) is 6.07 Å². The van der Waals surface area contributed by atoms with Gasteiger partial charge >= 0.3 is 0 Å². The number of nitrogen functional groups attached to an aromatic ring is 1. The van der Waals surface area contributed by atoms with Crippen LogP contribution < -0.4 is 11.2 Å². The maximum Gasteiger partial charge on any atom is 0.146 e. The van der Waals surface area contributed by atoms with Gasteiger partial charge < -0.3 is 11.2 Å². The van der Waals surface area contributed by atoms with Gasteiger partial charge in [-0.3, -0.25) is 0 Å². The summed E-state index contributed by atoms with van der Waals surface area (Å²) in [6.07, 6.45) is 5.72. The lowest BCUT2D eigenvalue weighted by atomic mass is 10.2. The highest BCUT2D eigenvalue weighted by Crippen LogP contribution is 2.13. The van der Waals surface area contributed by atoms with Crippen molar-refractivity contribution in [2.45, 2.75) is 39.0 Å². The second-order valence-corrected chi connectivity index (χ2v) is 4.50. The normalized spacial score (nSPS) is 17.0. The number of hydrogen-bond acceptors (Lipinski definition) is 5. The molecule has 1 fully saturated rings. The van der Waals surface area contributed by atoms with Gasteiger partial charge in [0.15, 0.2) is 0 Å². The minimum atomic E-state index is 0.544. The van der Waals surface area contributed by atoms with E-state index in [-0.39, 0.29) is 0 Å². The largest absolute Gasteiger partial charge is 0.384 e. The summed E-state index contributed by atoms with van der Waals surface area (Å²) >= 11 is 0. The average Bonchev–Trinajstić information content (AvgIpc) is 2.30. The minimum absolute atomic E-state index is 0.544. The molecule has 3 N–H and O–H groups in total. The summed E-state index contributed by atoms with van der Waals surface area (Å²) in [6, 6.07) is 1.80. The van der Waals surface area contributed by atoms with Crippen molar-refractivity contribution >= 4 is 11.6 Å². The summed E-state index contributed by atoms with van der Waals surface area (Å²) in [5, 5.41) is 2.21. The van der Waals surface area contributed by atoms with E-state index < -0.39 is 0 Å². The molecule has 0 amide bonds.